The van der Waals surface area contributed by atoms with Gasteiger partial charge in [0.15, 0.2) is 0 Å². The van der Waals surface area contributed by atoms with Gasteiger partial charge in [-0.3, -0.25) is 0 Å². The quantitative estimate of drug-likeness (QED) is 0.808. The third-order valence-electron chi connectivity index (χ3n) is 2.77. The van der Waals surface area contributed by atoms with Gasteiger partial charge in [0.25, 0.3) is 0 Å². The SMILES string of the molecule is CCOc1ccc(OCCc2ccc(N)cc2)cc1. The molecular formula is C16H19NO2. The van der Waals surface area contributed by atoms with E-state index in [1.807, 2.05) is 55.5 Å². The zero-order valence-corrected chi connectivity index (χ0v) is 11.1. The van der Waals surface area contributed by atoms with Crippen LogP contribution in [-0.2, 0) is 6.42 Å². The van der Waals surface area contributed by atoms with Crippen molar-refractivity contribution in [3.63, 3.8) is 0 Å². The van der Waals surface area contributed by atoms with E-state index in [-0.39, 0.29) is 0 Å². The average molecular weight is 257 g/mol. The molecule has 2 rings (SSSR count). The molecule has 0 bridgehead atoms. The monoisotopic (exact) mass is 257 g/mol. The van der Waals surface area contributed by atoms with Crippen molar-refractivity contribution in [2.75, 3.05) is 18.9 Å². The summed E-state index contributed by atoms with van der Waals surface area (Å²) in [4.78, 5) is 0. The summed E-state index contributed by atoms with van der Waals surface area (Å²) in [7, 11) is 0. The lowest BCUT2D eigenvalue weighted by molar-refractivity contribution is 0.318. The van der Waals surface area contributed by atoms with Crippen molar-refractivity contribution in [3.8, 4) is 11.5 Å². The second-order valence-electron chi connectivity index (χ2n) is 4.24. The first-order valence-corrected chi connectivity index (χ1v) is 6.48. The van der Waals surface area contributed by atoms with Crippen LogP contribution in [0.4, 0.5) is 5.69 Å². The first-order valence-electron chi connectivity index (χ1n) is 6.48. The Morgan fingerprint density at radius 2 is 1.42 bits per heavy atom. The molecular weight excluding hydrogens is 238 g/mol. The standard InChI is InChI=1S/C16H19NO2/c1-2-18-15-7-9-16(10-8-15)19-12-11-13-3-5-14(17)6-4-13/h3-10H,2,11-12,17H2,1H3. The number of hydrogen-bond acceptors (Lipinski definition) is 3. The van der Waals surface area contributed by atoms with Crippen molar-refractivity contribution >= 4 is 5.69 Å². The predicted octanol–water partition coefficient (Wildman–Crippen LogP) is 3.29. The molecule has 3 nitrogen and oxygen atoms in total. The van der Waals surface area contributed by atoms with E-state index >= 15 is 0 Å². The van der Waals surface area contributed by atoms with Gasteiger partial charge < -0.3 is 15.2 Å². The number of hydrogen-bond donors (Lipinski definition) is 1. The molecule has 2 aromatic rings. The second-order valence-corrected chi connectivity index (χ2v) is 4.24. The van der Waals surface area contributed by atoms with Crippen LogP contribution in [0.2, 0.25) is 0 Å². The van der Waals surface area contributed by atoms with E-state index in [4.69, 9.17) is 15.2 Å². The molecule has 19 heavy (non-hydrogen) atoms. The van der Waals surface area contributed by atoms with Gasteiger partial charge in [-0.1, -0.05) is 12.1 Å². The minimum Gasteiger partial charge on any atom is -0.494 e. The molecule has 100 valence electrons. The van der Waals surface area contributed by atoms with Crippen LogP contribution in [-0.4, -0.2) is 13.2 Å². The predicted molar refractivity (Wildman–Crippen MR) is 77.7 cm³/mol. The molecule has 0 unspecified atom stereocenters. The molecule has 0 spiro atoms. The highest BCUT2D eigenvalue weighted by molar-refractivity contribution is 5.39. The molecule has 0 atom stereocenters. The summed E-state index contributed by atoms with van der Waals surface area (Å²) in [5.41, 5.74) is 7.65. The smallest absolute Gasteiger partial charge is 0.119 e. The van der Waals surface area contributed by atoms with Crippen molar-refractivity contribution in [2.45, 2.75) is 13.3 Å². The number of benzene rings is 2. The fourth-order valence-corrected chi connectivity index (χ4v) is 1.77. The highest BCUT2D eigenvalue weighted by Crippen LogP contribution is 2.17. The molecule has 0 amide bonds. The van der Waals surface area contributed by atoms with Crippen LogP contribution in [0, 0.1) is 0 Å². The van der Waals surface area contributed by atoms with Gasteiger partial charge in [-0.2, -0.15) is 0 Å². The molecule has 0 fully saturated rings. The van der Waals surface area contributed by atoms with Crippen LogP contribution in [0.25, 0.3) is 0 Å². The van der Waals surface area contributed by atoms with Crippen molar-refractivity contribution in [1.29, 1.82) is 0 Å². The molecule has 0 aliphatic rings. The van der Waals surface area contributed by atoms with Crippen molar-refractivity contribution in [1.82, 2.24) is 0 Å². The molecule has 2 N–H and O–H groups in total. The molecule has 2 aromatic carbocycles. The Bertz CT molecular complexity index is 491. The number of ether oxygens (including phenoxy) is 2. The molecule has 3 heteroatoms. The van der Waals surface area contributed by atoms with Crippen molar-refractivity contribution in [3.05, 3.63) is 54.1 Å². The van der Waals surface area contributed by atoms with Crippen LogP contribution in [0.3, 0.4) is 0 Å². The molecule has 0 aromatic heterocycles. The summed E-state index contributed by atoms with van der Waals surface area (Å²) < 4.78 is 11.1. The zero-order chi connectivity index (χ0) is 13.5. The Balaban J connectivity index is 1.80. The van der Waals surface area contributed by atoms with Gasteiger partial charge in [0.05, 0.1) is 13.2 Å². The summed E-state index contributed by atoms with van der Waals surface area (Å²) in [5, 5.41) is 0. The maximum Gasteiger partial charge on any atom is 0.119 e. The van der Waals surface area contributed by atoms with Crippen LogP contribution in [0.15, 0.2) is 48.5 Å². The first kappa shape index (κ1) is 13.3. The van der Waals surface area contributed by atoms with E-state index in [1.165, 1.54) is 5.56 Å². The van der Waals surface area contributed by atoms with E-state index in [0.717, 1.165) is 23.6 Å². The molecule has 0 saturated carbocycles. The second kappa shape index (κ2) is 6.69. The summed E-state index contributed by atoms with van der Waals surface area (Å²) >= 11 is 0. The van der Waals surface area contributed by atoms with Gasteiger partial charge in [-0.25, -0.2) is 0 Å². The third kappa shape index (κ3) is 4.21. The molecule has 0 radical (unpaired) electrons. The van der Waals surface area contributed by atoms with Gasteiger partial charge >= 0.3 is 0 Å². The Labute approximate surface area is 114 Å². The molecule has 0 aliphatic carbocycles. The Morgan fingerprint density at radius 1 is 0.842 bits per heavy atom. The Kier molecular flexibility index (Phi) is 4.67. The highest BCUT2D eigenvalue weighted by Gasteiger charge is 1.97. The Morgan fingerprint density at radius 3 is 2.00 bits per heavy atom. The summed E-state index contributed by atoms with van der Waals surface area (Å²) in [6.45, 7) is 3.30. The van der Waals surface area contributed by atoms with Crippen LogP contribution in [0.5, 0.6) is 11.5 Å². The zero-order valence-electron chi connectivity index (χ0n) is 11.1. The van der Waals surface area contributed by atoms with Gasteiger partial charge in [-0.05, 0) is 48.9 Å². The maximum atomic E-state index is 5.69. The van der Waals surface area contributed by atoms with Crippen LogP contribution in [0.1, 0.15) is 12.5 Å². The Hall–Kier alpha value is -2.16. The normalized spacial score (nSPS) is 10.2. The maximum absolute atomic E-state index is 5.69. The van der Waals surface area contributed by atoms with Crippen LogP contribution >= 0.6 is 0 Å². The van der Waals surface area contributed by atoms with E-state index in [0.29, 0.717) is 13.2 Å². The molecule has 0 aliphatic heterocycles. The van der Waals surface area contributed by atoms with Crippen LogP contribution < -0.4 is 15.2 Å². The van der Waals surface area contributed by atoms with E-state index in [1.54, 1.807) is 0 Å². The molecule has 0 saturated heterocycles. The summed E-state index contributed by atoms with van der Waals surface area (Å²) in [6.07, 6.45) is 0.869. The van der Waals surface area contributed by atoms with E-state index in [2.05, 4.69) is 0 Å². The number of anilines is 1. The largest absolute Gasteiger partial charge is 0.494 e. The number of nitrogen functional groups attached to an aromatic ring is 1. The fourth-order valence-electron chi connectivity index (χ4n) is 1.77. The minimum absolute atomic E-state index is 0.651. The van der Waals surface area contributed by atoms with Gasteiger partial charge in [0.2, 0.25) is 0 Å². The topological polar surface area (TPSA) is 44.5 Å². The number of rotatable bonds is 6. The minimum atomic E-state index is 0.651. The summed E-state index contributed by atoms with van der Waals surface area (Å²) in [5.74, 6) is 1.73. The average Bonchev–Trinajstić information content (AvgIpc) is 2.43. The van der Waals surface area contributed by atoms with Crippen molar-refractivity contribution < 1.29 is 9.47 Å². The summed E-state index contributed by atoms with van der Waals surface area (Å²) in [6, 6.07) is 15.6. The third-order valence-corrected chi connectivity index (χ3v) is 2.77. The first-order chi connectivity index (χ1) is 9.28. The van der Waals surface area contributed by atoms with Gasteiger partial charge in [-0.15, -0.1) is 0 Å². The highest BCUT2D eigenvalue weighted by atomic mass is 16.5. The lowest BCUT2D eigenvalue weighted by Gasteiger charge is -2.08. The van der Waals surface area contributed by atoms with E-state index < -0.39 is 0 Å². The van der Waals surface area contributed by atoms with E-state index in [9.17, 15) is 0 Å². The number of nitrogens with two attached hydrogens (primary N) is 1. The van der Waals surface area contributed by atoms with Crippen molar-refractivity contribution in [2.24, 2.45) is 0 Å². The van der Waals surface area contributed by atoms with Gasteiger partial charge in [0.1, 0.15) is 11.5 Å². The molecule has 0 heterocycles. The van der Waals surface area contributed by atoms with Gasteiger partial charge in [0, 0.05) is 12.1 Å². The lowest BCUT2D eigenvalue weighted by Crippen LogP contribution is -2.01. The lowest BCUT2D eigenvalue weighted by atomic mass is 10.1. The fraction of sp³-hybridized carbons (Fsp3) is 0.250.